The number of aromatic amines is 1. The number of nitrogens with one attached hydrogen (secondary N) is 2. The SMILES string of the molecule is CCCCn1nccc1NC(=O)CCSCc1nc2sc3c(c2c(=O)[nH]1)CCCC3. The van der Waals surface area contributed by atoms with Crippen LogP contribution in [-0.4, -0.2) is 31.4 Å². The molecule has 1 amide bonds. The van der Waals surface area contributed by atoms with Crippen molar-refractivity contribution in [1.29, 1.82) is 0 Å². The number of H-pyrrole nitrogens is 1. The number of rotatable bonds is 9. The zero-order chi connectivity index (χ0) is 20.9. The van der Waals surface area contributed by atoms with Gasteiger partial charge in [0.25, 0.3) is 5.56 Å². The van der Waals surface area contributed by atoms with Crippen LogP contribution < -0.4 is 10.9 Å². The Bertz CT molecular complexity index is 1080. The molecule has 0 unspecified atom stereocenters. The Morgan fingerprint density at radius 3 is 3.10 bits per heavy atom. The predicted molar refractivity (Wildman–Crippen MR) is 123 cm³/mol. The van der Waals surface area contributed by atoms with Gasteiger partial charge in [0.1, 0.15) is 16.5 Å². The number of hydrogen-bond donors (Lipinski definition) is 2. The minimum atomic E-state index is -0.0245. The monoisotopic (exact) mass is 445 g/mol. The highest BCUT2D eigenvalue weighted by molar-refractivity contribution is 7.98. The van der Waals surface area contributed by atoms with Crippen molar-refractivity contribution in [2.24, 2.45) is 0 Å². The lowest BCUT2D eigenvalue weighted by Gasteiger charge is -2.09. The van der Waals surface area contributed by atoms with E-state index in [4.69, 9.17) is 0 Å². The molecule has 2 N–H and O–H groups in total. The maximum atomic E-state index is 12.6. The second-order valence-electron chi connectivity index (χ2n) is 7.55. The molecular weight excluding hydrogens is 418 g/mol. The van der Waals surface area contributed by atoms with Gasteiger partial charge in [-0.25, -0.2) is 9.67 Å². The Balaban J connectivity index is 1.29. The van der Waals surface area contributed by atoms with Crippen molar-refractivity contribution in [1.82, 2.24) is 19.7 Å². The third-order valence-corrected chi connectivity index (χ3v) is 7.45. The lowest BCUT2D eigenvalue weighted by molar-refractivity contribution is -0.115. The Morgan fingerprint density at radius 2 is 2.23 bits per heavy atom. The Kier molecular flexibility index (Phi) is 6.89. The van der Waals surface area contributed by atoms with Gasteiger partial charge in [-0.15, -0.1) is 11.3 Å². The Morgan fingerprint density at radius 1 is 1.37 bits per heavy atom. The molecule has 4 rings (SSSR count). The fourth-order valence-corrected chi connectivity index (χ4v) is 5.83. The summed E-state index contributed by atoms with van der Waals surface area (Å²) in [7, 11) is 0. The van der Waals surface area contributed by atoms with Crippen LogP contribution in [0, 0.1) is 0 Å². The summed E-state index contributed by atoms with van der Waals surface area (Å²) in [5.41, 5.74) is 1.19. The largest absolute Gasteiger partial charge is 0.311 e. The van der Waals surface area contributed by atoms with E-state index >= 15 is 0 Å². The number of aromatic nitrogens is 4. The van der Waals surface area contributed by atoms with Crippen LogP contribution in [0.3, 0.4) is 0 Å². The van der Waals surface area contributed by atoms with Crippen LogP contribution in [0.25, 0.3) is 10.2 Å². The van der Waals surface area contributed by atoms with E-state index in [-0.39, 0.29) is 11.5 Å². The van der Waals surface area contributed by atoms with E-state index in [1.165, 1.54) is 16.9 Å². The summed E-state index contributed by atoms with van der Waals surface area (Å²) in [6, 6.07) is 1.82. The van der Waals surface area contributed by atoms with Crippen LogP contribution in [0.1, 0.15) is 55.3 Å². The highest BCUT2D eigenvalue weighted by Crippen LogP contribution is 2.33. The van der Waals surface area contributed by atoms with E-state index < -0.39 is 0 Å². The fraction of sp³-hybridized carbons (Fsp3) is 0.524. The zero-order valence-electron chi connectivity index (χ0n) is 17.2. The summed E-state index contributed by atoms with van der Waals surface area (Å²) in [5.74, 6) is 2.67. The molecular formula is C21H27N5O2S2. The third kappa shape index (κ3) is 4.78. The second kappa shape index (κ2) is 9.78. The minimum Gasteiger partial charge on any atom is -0.311 e. The number of aryl methyl sites for hydroxylation is 3. The zero-order valence-corrected chi connectivity index (χ0v) is 18.8. The molecule has 3 aromatic rings. The van der Waals surface area contributed by atoms with Crippen LogP contribution in [0.5, 0.6) is 0 Å². The van der Waals surface area contributed by atoms with Gasteiger partial charge in [0, 0.05) is 29.7 Å². The maximum absolute atomic E-state index is 12.6. The van der Waals surface area contributed by atoms with Crippen LogP contribution in [-0.2, 0) is 29.9 Å². The quantitative estimate of drug-likeness (QED) is 0.483. The molecule has 1 aliphatic rings. The van der Waals surface area contributed by atoms with Crippen LogP contribution >= 0.6 is 23.1 Å². The molecule has 0 fully saturated rings. The van der Waals surface area contributed by atoms with Gasteiger partial charge < -0.3 is 10.3 Å². The van der Waals surface area contributed by atoms with Crippen molar-refractivity contribution in [2.45, 2.75) is 64.2 Å². The van der Waals surface area contributed by atoms with Gasteiger partial charge in [0.15, 0.2) is 0 Å². The lowest BCUT2D eigenvalue weighted by Crippen LogP contribution is -2.16. The number of nitrogens with zero attached hydrogens (tertiary/aromatic N) is 3. The van der Waals surface area contributed by atoms with Crippen molar-refractivity contribution in [3.63, 3.8) is 0 Å². The normalized spacial score (nSPS) is 13.5. The fourth-order valence-electron chi connectivity index (χ4n) is 3.74. The summed E-state index contributed by atoms with van der Waals surface area (Å²) in [6.07, 6.45) is 8.62. The van der Waals surface area contributed by atoms with Gasteiger partial charge in [-0.2, -0.15) is 16.9 Å². The lowest BCUT2D eigenvalue weighted by atomic mass is 9.97. The molecule has 0 spiro atoms. The highest BCUT2D eigenvalue weighted by atomic mass is 32.2. The smallest absolute Gasteiger partial charge is 0.259 e. The molecule has 0 atom stereocenters. The molecule has 160 valence electrons. The molecule has 0 aliphatic heterocycles. The van der Waals surface area contributed by atoms with Crippen molar-refractivity contribution in [2.75, 3.05) is 11.1 Å². The first-order chi connectivity index (χ1) is 14.7. The molecule has 1 aliphatic carbocycles. The molecule has 0 saturated carbocycles. The molecule has 3 aromatic heterocycles. The Labute approximate surface area is 183 Å². The minimum absolute atomic E-state index is 0.0203. The average molecular weight is 446 g/mol. The van der Waals surface area contributed by atoms with Crippen molar-refractivity contribution >= 4 is 45.0 Å². The predicted octanol–water partition coefficient (Wildman–Crippen LogP) is 4.12. The first kappa shape index (κ1) is 21.1. The molecule has 0 saturated heterocycles. The van der Waals surface area contributed by atoms with Crippen LogP contribution in [0.15, 0.2) is 17.1 Å². The van der Waals surface area contributed by atoms with Gasteiger partial charge >= 0.3 is 0 Å². The number of thioether (sulfide) groups is 1. The topological polar surface area (TPSA) is 92.7 Å². The number of thiophene rings is 1. The summed E-state index contributed by atoms with van der Waals surface area (Å²) in [6.45, 7) is 2.94. The number of anilines is 1. The summed E-state index contributed by atoms with van der Waals surface area (Å²) < 4.78 is 1.83. The van der Waals surface area contributed by atoms with E-state index in [2.05, 4.69) is 27.3 Å². The maximum Gasteiger partial charge on any atom is 0.259 e. The van der Waals surface area contributed by atoms with Gasteiger partial charge in [0.05, 0.1) is 17.3 Å². The van der Waals surface area contributed by atoms with E-state index in [0.717, 1.165) is 54.7 Å². The van der Waals surface area contributed by atoms with Gasteiger partial charge in [0.2, 0.25) is 5.91 Å². The van der Waals surface area contributed by atoms with Crippen molar-refractivity contribution in [3.8, 4) is 0 Å². The van der Waals surface area contributed by atoms with Gasteiger partial charge in [-0.1, -0.05) is 13.3 Å². The molecule has 0 aromatic carbocycles. The van der Waals surface area contributed by atoms with Gasteiger partial charge in [-0.05, 0) is 37.7 Å². The van der Waals surface area contributed by atoms with E-state index in [0.29, 0.717) is 23.8 Å². The van der Waals surface area contributed by atoms with Crippen molar-refractivity contribution in [3.05, 3.63) is 38.9 Å². The first-order valence-corrected chi connectivity index (χ1v) is 12.6. The number of fused-ring (bicyclic) bond motifs is 3. The number of unbranched alkanes of at least 4 members (excludes halogenated alkanes) is 1. The number of carbonyl (C=O) groups excluding carboxylic acids is 1. The van der Waals surface area contributed by atoms with E-state index in [1.54, 1.807) is 29.3 Å². The average Bonchev–Trinajstić information content (AvgIpc) is 3.33. The third-order valence-electron chi connectivity index (χ3n) is 5.29. The second-order valence-corrected chi connectivity index (χ2v) is 9.74. The van der Waals surface area contributed by atoms with Crippen LogP contribution in [0.2, 0.25) is 0 Å². The van der Waals surface area contributed by atoms with Crippen molar-refractivity contribution < 1.29 is 4.79 Å². The Hall–Kier alpha value is -2.13. The van der Waals surface area contributed by atoms with Crippen LogP contribution in [0.4, 0.5) is 5.82 Å². The first-order valence-electron chi connectivity index (χ1n) is 10.6. The standard InChI is InChI=1S/C21H27N5O2S2/c1-2-3-11-26-17(8-10-22-26)25-18(27)9-12-29-13-16-23-20(28)19-14-6-4-5-7-15(14)30-21(19)24-16/h8,10H,2-7,9,11-13H2,1H3,(H,25,27)(H,23,24,28). The molecule has 0 radical (unpaired) electrons. The highest BCUT2D eigenvalue weighted by Gasteiger charge is 2.19. The molecule has 0 bridgehead atoms. The van der Waals surface area contributed by atoms with E-state index in [1.807, 2.05) is 10.7 Å². The summed E-state index contributed by atoms with van der Waals surface area (Å²) in [4.78, 5) is 34.7. The number of hydrogen-bond acceptors (Lipinski definition) is 6. The molecule has 30 heavy (non-hydrogen) atoms. The van der Waals surface area contributed by atoms with E-state index in [9.17, 15) is 9.59 Å². The summed E-state index contributed by atoms with van der Waals surface area (Å²) in [5, 5.41) is 7.99. The molecule has 7 nitrogen and oxygen atoms in total. The van der Waals surface area contributed by atoms with Gasteiger partial charge in [-0.3, -0.25) is 9.59 Å². The number of carbonyl (C=O) groups is 1. The molecule has 3 heterocycles. The molecule has 9 heteroatoms. The summed E-state index contributed by atoms with van der Waals surface area (Å²) >= 11 is 3.27. The number of amides is 1.